The normalized spacial score (nSPS) is 13.8. The zero-order valence-electron chi connectivity index (χ0n) is 16.2. The van der Waals surface area contributed by atoms with Crippen LogP contribution in [-0.2, 0) is 11.8 Å². The molecule has 0 spiro atoms. The van der Waals surface area contributed by atoms with Crippen LogP contribution in [0.4, 0.5) is 11.5 Å². The maximum absolute atomic E-state index is 11.6. The number of pyridine rings is 2. The van der Waals surface area contributed by atoms with Gasteiger partial charge in [0, 0.05) is 30.9 Å². The molecule has 30 heavy (non-hydrogen) atoms. The lowest BCUT2D eigenvalue weighted by Gasteiger charge is -2.19. The zero-order chi connectivity index (χ0) is 20.8. The summed E-state index contributed by atoms with van der Waals surface area (Å²) in [6, 6.07) is 3.62. The minimum atomic E-state index is -0.232. The number of anilines is 1. The van der Waals surface area contributed by atoms with Crippen LogP contribution >= 0.6 is 0 Å². The summed E-state index contributed by atoms with van der Waals surface area (Å²) >= 11 is 0. The minimum absolute atomic E-state index is 0.00198. The predicted octanol–water partition coefficient (Wildman–Crippen LogP) is 2.54. The van der Waals surface area contributed by atoms with Crippen molar-refractivity contribution in [2.24, 2.45) is 12.0 Å². The monoisotopic (exact) mass is 403 g/mol. The highest BCUT2D eigenvalue weighted by molar-refractivity contribution is 6.13. The number of carbonyl (C=O) groups excluding carboxylic acids is 1. The number of aromatic amines is 1. The molecule has 0 saturated heterocycles. The van der Waals surface area contributed by atoms with Gasteiger partial charge >= 0.3 is 0 Å². The summed E-state index contributed by atoms with van der Waals surface area (Å²) in [5.41, 5.74) is 3.55. The number of ether oxygens (including phenoxy) is 1. The lowest BCUT2D eigenvalue weighted by Crippen LogP contribution is -2.25. The molecule has 1 aliphatic heterocycles. The summed E-state index contributed by atoms with van der Waals surface area (Å²) < 4.78 is 7.27. The molecule has 5 heterocycles. The maximum Gasteiger partial charge on any atom is 0.262 e. The van der Waals surface area contributed by atoms with E-state index in [1.165, 1.54) is 6.20 Å². The Morgan fingerprint density at radius 3 is 3.00 bits per heavy atom. The van der Waals surface area contributed by atoms with Crippen LogP contribution in [0.25, 0.3) is 22.2 Å². The standard InChI is InChI=1S/C20H17N7O3/c1-10(23-16-3-4-27(2)26-16)18-11-5-13(22-8-14(11)25-20(18)29)12-6-21-7-15-19(12)30-9-17(28)24-15/h3-8,25,29H,9H2,1-2H3,(H,24,28). The predicted molar refractivity (Wildman–Crippen MR) is 110 cm³/mol. The number of nitrogens with zero attached hydrogens (tertiary/aromatic N) is 5. The molecule has 1 amide bonds. The van der Waals surface area contributed by atoms with E-state index in [1.807, 2.05) is 20.0 Å². The summed E-state index contributed by atoms with van der Waals surface area (Å²) in [5, 5.41) is 18.2. The largest absolute Gasteiger partial charge is 0.494 e. The Bertz CT molecular complexity index is 1340. The number of hydrogen-bond donors (Lipinski definition) is 3. The van der Waals surface area contributed by atoms with Crippen LogP contribution in [0.5, 0.6) is 11.6 Å². The lowest BCUT2D eigenvalue weighted by atomic mass is 10.1. The number of aryl methyl sites for hydroxylation is 1. The van der Waals surface area contributed by atoms with Gasteiger partial charge < -0.3 is 20.1 Å². The zero-order valence-corrected chi connectivity index (χ0v) is 16.2. The number of aliphatic imine (C=N–C) groups is 1. The Morgan fingerprint density at radius 2 is 2.20 bits per heavy atom. The summed E-state index contributed by atoms with van der Waals surface area (Å²) in [5.74, 6) is 0.821. The van der Waals surface area contributed by atoms with Crippen molar-refractivity contribution < 1.29 is 14.6 Å². The Labute approximate surface area is 170 Å². The molecule has 0 bridgehead atoms. The smallest absolute Gasteiger partial charge is 0.262 e. The second-order valence-electron chi connectivity index (χ2n) is 6.91. The van der Waals surface area contributed by atoms with Crippen LogP contribution in [0.2, 0.25) is 0 Å². The Morgan fingerprint density at radius 1 is 1.33 bits per heavy atom. The van der Waals surface area contributed by atoms with Gasteiger partial charge in [-0.25, -0.2) is 4.99 Å². The first-order chi connectivity index (χ1) is 14.5. The van der Waals surface area contributed by atoms with Crippen LogP contribution < -0.4 is 10.1 Å². The second-order valence-corrected chi connectivity index (χ2v) is 6.91. The molecule has 1 aliphatic rings. The van der Waals surface area contributed by atoms with Gasteiger partial charge in [0.05, 0.1) is 40.4 Å². The Hall–Kier alpha value is -4.21. The molecular formula is C20H17N7O3. The molecule has 0 saturated carbocycles. The highest BCUT2D eigenvalue weighted by Gasteiger charge is 2.22. The fourth-order valence-corrected chi connectivity index (χ4v) is 3.48. The maximum atomic E-state index is 11.6. The van der Waals surface area contributed by atoms with E-state index in [4.69, 9.17) is 4.74 Å². The third-order valence-corrected chi connectivity index (χ3v) is 4.80. The molecule has 0 fully saturated rings. The van der Waals surface area contributed by atoms with E-state index in [-0.39, 0.29) is 18.4 Å². The van der Waals surface area contributed by atoms with Gasteiger partial charge in [0.15, 0.2) is 24.1 Å². The number of carbonyl (C=O) groups is 1. The van der Waals surface area contributed by atoms with Gasteiger partial charge in [0.1, 0.15) is 5.69 Å². The number of fused-ring (bicyclic) bond motifs is 2. The third-order valence-electron chi connectivity index (χ3n) is 4.80. The van der Waals surface area contributed by atoms with Crippen molar-refractivity contribution in [3.05, 3.63) is 42.5 Å². The first-order valence-electron chi connectivity index (χ1n) is 9.16. The van der Waals surface area contributed by atoms with Crippen LogP contribution in [0.3, 0.4) is 0 Å². The van der Waals surface area contributed by atoms with Crippen molar-refractivity contribution in [1.29, 1.82) is 0 Å². The van der Waals surface area contributed by atoms with Crippen LogP contribution in [0, 0.1) is 0 Å². The van der Waals surface area contributed by atoms with Crippen molar-refractivity contribution in [3.8, 4) is 22.9 Å². The van der Waals surface area contributed by atoms with Gasteiger partial charge in [0.25, 0.3) is 5.91 Å². The van der Waals surface area contributed by atoms with Gasteiger partial charge in [0.2, 0.25) is 0 Å². The molecule has 10 heteroatoms. The highest BCUT2D eigenvalue weighted by atomic mass is 16.5. The first kappa shape index (κ1) is 17.9. The van der Waals surface area contributed by atoms with Gasteiger partial charge in [-0.15, -0.1) is 0 Å². The fourth-order valence-electron chi connectivity index (χ4n) is 3.48. The van der Waals surface area contributed by atoms with E-state index >= 15 is 0 Å². The Balaban J connectivity index is 1.64. The summed E-state index contributed by atoms with van der Waals surface area (Å²) in [4.78, 5) is 27.7. The average Bonchev–Trinajstić information content (AvgIpc) is 3.28. The number of hydrogen-bond acceptors (Lipinski definition) is 7. The summed E-state index contributed by atoms with van der Waals surface area (Å²) in [7, 11) is 1.81. The second kappa shape index (κ2) is 6.69. The molecule has 4 aromatic heterocycles. The highest BCUT2D eigenvalue weighted by Crippen LogP contribution is 2.38. The van der Waals surface area contributed by atoms with E-state index < -0.39 is 0 Å². The van der Waals surface area contributed by atoms with Crippen molar-refractivity contribution in [3.63, 3.8) is 0 Å². The molecule has 10 nitrogen and oxygen atoms in total. The average molecular weight is 403 g/mol. The summed E-state index contributed by atoms with van der Waals surface area (Å²) in [6.45, 7) is 1.74. The number of rotatable bonds is 3. The number of amides is 1. The van der Waals surface area contributed by atoms with Crippen molar-refractivity contribution in [2.75, 3.05) is 11.9 Å². The van der Waals surface area contributed by atoms with Crippen molar-refractivity contribution in [2.45, 2.75) is 6.92 Å². The lowest BCUT2D eigenvalue weighted by molar-refractivity contribution is -0.118. The molecular weight excluding hydrogens is 386 g/mol. The molecule has 0 unspecified atom stereocenters. The fraction of sp³-hybridized carbons (Fsp3) is 0.150. The van der Waals surface area contributed by atoms with E-state index in [2.05, 4.69) is 30.4 Å². The van der Waals surface area contributed by atoms with Gasteiger partial charge in [-0.2, -0.15) is 5.10 Å². The molecule has 150 valence electrons. The number of aromatic hydroxyl groups is 1. The molecule has 4 aromatic rings. The number of H-pyrrole nitrogens is 1. The topological polar surface area (TPSA) is 130 Å². The van der Waals surface area contributed by atoms with Crippen molar-refractivity contribution in [1.82, 2.24) is 24.7 Å². The number of nitrogens with one attached hydrogen (secondary N) is 2. The first-order valence-corrected chi connectivity index (χ1v) is 9.16. The van der Waals surface area contributed by atoms with Gasteiger partial charge in [-0.1, -0.05) is 0 Å². The third kappa shape index (κ3) is 2.94. The molecule has 0 radical (unpaired) electrons. The van der Waals surface area contributed by atoms with E-state index in [0.29, 0.717) is 45.3 Å². The van der Waals surface area contributed by atoms with Crippen molar-refractivity contribution >= 4 is 34.0 Å². The molecule has 5 rings (SSSR count). The Kier molecular flexibility index (Phi) is 3.98. The van der Waals surface area contributed by atoms with E-state index in [1.54, 1.807) is 29.3 Å². The SMILES string of the molecule is CC(=Nc1ccn(C)n1)c1c(O)[nH]c2cnc(-c3cncc4c3OCC(=O)N4)cc12. The molecule has 3 N–H and O–H groups in total. The molecule has 0 aliphatic carbocycles. The van der Waals surface area contributed by atoms with Crippen LogP contribution in [0.15, 0.2) is 41.9 Å². The van der Waals surface area contributed by atoms with Crippen LogP contribution in [0.1, 0.15) is 12.5 Å². The van der Waals surface area contributed by atoms with Gasteiger partial charge in [-0.3, -0.25) is 19.4 Å². The molecule has 0 atom stereocenters. The van der Waals surface area contributed by atoms with Crippen LogP contribution in [-0.4, -0.2) is 48.1 Å². The minimum Gasteiger partial charge on any atom is -0.494 e. The molecule has 0 aromatic carbocycles. The summed E-state index contributed by atoms with van der Waals surface area (Å²) in [6.07, 6.45) is 6.59. The number of aromatic nitrogens is 5. The quantitative estimate of drug-likeness (QED) is 0.451. The van der Waals surface area contributed by atoms with E-state index in [0.717, 1.165) is 5.39 Å². The van der Waals surface area contributed by atoms with Gasteiger partial charge in [-0.05, 0) is 13.0 Å². The van der Waals surface area contributed by atoms with E-state index in [9.17, 15) is 9.90 Å².